The topological polar surface area (TPSA) is 93.5 Å². The molecule has 0 atom stereocenters. The van der Waals surface area contributed by atoms with E-state index in [1.807, 2.05) is 16.0 Å². The number of ether oxygens (including phenoxy) is 1. The first kappa shape index (κ1) is 24.7. The van der Waals surface area contributed by atoms with Crippen LogP contribution in [0.5, 0.6) is 5.75 Å². The highest BCUT2D eigenvalue weighted by Crippen LogP contribution is 2.33. The summed E-state index contributed by atoms with van der Waals surface area (Å²) in [6.45, 7) is 0.320. The molecule has 0 saturated carbocycles. The molecule has 12 heteroatoms. The Hall–Kier alpha value is -3.38. The summed E-state index contributed by atoms with van der Waals surface area (Å²) in [6.07, 6.45) is -4.95. The van der Waals surface area contributed by atoms with Crippen molar-refractivity contribution in [1.82, 2.24) is 14.9 Å². The van der Waals surface area contributed by atoms with Gasteiger partial charge >= 0.3 is 12.3 Å². The Bertz CT molecular complexity index is 1380. The maximum absolute atomic E-state index is 12.5. The number of hydrogen-bond donors (Lipinski definition) is 2. The number of nitrogens with zero attached hydrogens (tertiary/aromatic N) is 2. The van der Waals surface area contributed by atoms with E-state index < -0.39 is 18.2 Å². The number of carbonyl (C=O) groups is 2. The summed E-state index contributed by atoms with van der Waals surface area (Å²) >= 11 is 4.90. The van der Waals surface area contributed by atoms with Crippen LogP contribution < -0.4 is 10.1 Å². The summed E-state index contributed by atoms with van der Waals surface area (Å²) < 4.78 is 44.1. The molecule has 0 saturated heterocycles. The molecule has 2 aromatic carbocycles. The lowest BCUT2D eigenvalue weighted by molar-refractivity contribution is -0.274. The van der Waals surface area contributed by atoms with Crippen LogP contribution in [0.15, 0.2) is 58.4 Å². The molecule has 2 heterocycles. The lowest BCUT2D eigenvalue weighted by Gasteiger charge is -2.11. The average Bonchev–Trinajstić information content (AvgIpc) is 3.37. The first-order valence-corrected chi connectivity index (χ1v) is 11.9. The third-order valence-electron chi connectivity index (χ3n) is 4.92. The number of benzene rings is 2. The van der Waals surface area contributed by atoms with Gasteiger partial charge in [0.1, 0.15) is 5.75 Å². The van der Waals surface area contributed by atoms with Crippen LogP contribution in [-0.4, -0.2) is 39.4 Å². The molecule has 0 spiro atoms. The second kappa shape index (κ2) is 10.1. The maximum Gasteiger partial charge on any atom is 0.573 e. The normalized spacial score (nSPS) is 11.5. The fraction of sp³-hybridized carbons (Fsp3) is 0.174. The van der Waals surface area contributed by atoms with Gasteiger partial charge in [-0.15, -0.1) is 24.5 Å². The van der Waals surface area contributed by atoms with Crippen LogP contribution in [-0.2, 0) is 11.3 Å². The number of aliphatic carboxylic acids is 1. The van der Waals surface area contributed by atoms with Crippen LogP contribution in [0.25, 0.3) is 21.7 Å². The van der Waals surface area contributed by atoms with Gasteiger partial charge < -0.3 is 19.7 Å². The van der Waals surface area contributed by atoms with Crippen molar-refractivity contribution in [2.24, 2.45) is 0 Å². The van der Waals surface area contributed by atoms with Crippen LogP contribution in [0.4, 0.5) is 13.2 Å². The molecule has 0 aliphatic heterocycles. The van der Waals surface area contributed by atoms with Crippen LogP contribution in [0.1, 0.15) is 22.3 Å². The number of aromatic nitrogens is 2. The number of nitrogens with one attached hydrogen (secondary N) is 1. The molecule has 182 valence electrons. The summed E-state index contributed by atoms with van der Waals surface area (Å²) in [5, 5.41) is 13.2. The zero-order valence-electron chi connectivity index (χ0n) is 17.8. The number of thiophene rings is 1. The predicted molar refractivity (Wildman–Crippen MR) is 128 cm³/mol. The molecule has 0 radical (unpaired) electrons. The van der Waals surface area contributed by atoms with Crippen molar-refractivity contribution in [2.75, 3.05) is 6.54 Å². The largest absolute Gasteiger partial charge is 0.573 e. The number of carboxylic acids is 1. The fourth-order valence-corrected chi connectivity index (χ4v) is 4.84. The van der Waals surface area contributed by atoms with E-state index >= 15 is 0 Å². The summed E-state index contributed by atoms with van der Waals surface area (Å²) in [5.74, 6) is -1.10. The van der Waals surface area contributed by atoms with Crippen molar-refractivity contribution in [3.05, 3.63) is 69.5 Å². The molecule has 2 aromatic heterocycles. The van der Waals surface area contributed by atoms with Crippen LogP contribution in [0, 0.1) is 0 Å². The lowest BCUT2D eigenvalue weighted by atomic mass is 10.1. The summed E-state index contributed by atoms with van der Waals surface area (Å²) in [6, 6.07) is 12.5. The van der Waals surface area contributed by atoms with Gasteiger partial charge in [-0.25, -0.2) is 4.98 Å². The lowest BCUT2D eigenvalue weighted by Crippen LogP contribution is -2.25. The number of fused-ring (bicyclic) bond motifs is 1. The minimum absolute atomic E-state index is 0.00314. The number of amides is 1. The second-order valence-corrected chi connectivity index (χ2v) is 9.27. The van der Waals surface area contributed by atoms with E-state index in [-0.39, 0.29) is 18.7 Å². The van der Waals surface area contributed by atoms with Gasteiger partial charge in [0.05, 0.1) is 22.3 Å². The fourth-order valence-electron chi connectivity index (χ4n) is 3.41. The summed E-state index contributed by atoms with van der Waals surface area (Å²) in [7, 11) is 0. The van der Waals surface area contributed by atoms with Gasteiger partial charge in [-0.3, -0.25) is 9.59 Å². The standard InChI is InChI=1S/C23H17BrF3N3O4S/c24-15-10-19(35-12-15)21-29-17-9-14(22(33)28-8-7-20(31)32)3-6-18(17)30(21)11-13-1-4-16(5-2-13)34-23(25,26)27/h1-6,9-10,12H,7-8,11H2,(H,28,33)(H,31,32). The maximum atomic E-state index is 12.5. The number of alkyl halides is 3. The first-order valence-electron chi connectivity index (χ1n) is 10.2. The molecule has 1 amide bonds. The van der Waals surface area contributed by atoms with E-state index in [2.05, 4.69) is 26.0 Å². The molecule has 4 aromatic rings. The van der Waals surface area contributed by atoms with Crippen LogP contribution in [0.2, 0.25) is 0 Å². The second-order valence-electron chi connectivity index (χ2n) is 7.45. The van der Waals surface area contributed by atoms with E-state index in [1.54, 1.807) is 30.3 Å². The van der Waals surface area contributed by atoms with Gasteiger partial charge in [-0.1, -0.05) is 12.1 Å². The molecule has 35 heavy (non-hydrogen) atoms. The summed E-state index contributed by atoms with van der Waals surface area (Å²) in [4.78, 5) is 28.7. The molecule has 0 aliphatic carbocycles. The highest BCUT2D eigenvalue weighted by Gasteiger charge is 2.31. The number of imidazole rings is 1. The zero-order chi connectivity index (χ0) is 25.2. The third-order valence-corrected chi connectivity index (χ3v) is 6.61. The quantitative estimate of drug-likeness (QED) is 0.286. The first-order chi connectivity index (χ1) is 16.6. The number of hydrogen-bond acceptors (Lipinski definition) is 5. The van der Waals surface area contributed by atoms with Gasteiger partial charge in [0.2, 0.25) is 0 Å². The van der Waals surface area contributed by atoms with Gasteiger partial charge in [-0.05, 0) is 57.9 Å². The van der Waals surface area contributed by atoms with Crippen molar-refractivity contribution >= 4 is 50.2 Å². The van der Waals surface area contributed by atoms with Crippen molar-refractivity contribution in [1.29, 1.82) is 0 Å². The smallest absolute Gasteiger partial charge is 0.481 e. The Balaban J connectivity index is 1.67. The SMILES string of the molecule is O=C(O)CCNC(=O)c1ccc2c(c1)nc(-c1cc(Br)cs1)n2Cc1ccc(OC(F)(F)F)cc1. The Morgan fingerprint density at radius 3 is 2.51 bits per heavy atom. The van der Waals surface area contributed by atoms with Gasteiger partial charge in [-0.2, -0.15) is 0 Å². The van der Waals surface area contributed by atoms with Crippen LogP contribution in [0.3, 0.4) is 0 Å². The molecule has 7 nitrogen and oxygen atoms in total. The van der Waals surface area contributed by atoms with E-state index in [0.29, 0.717) is 23.4 Å². The Morgan fingerprint density at radius 2 is 1.89 bits per heavy atom. The summed E-state index contributed by atoms with van der Waals surface area (Å²) in [5.41, 5.74) is 2.33. The average molecular weight is 568 g/mol. The third kappa shape index (κ3) is 6.20. The molecular formula is C23H17BrF3N3O4S. The van der Waals surface area contributed by atoms with E-state index in [0.717, 1.165) is 20.4 Å². The molecule has 0 fully saturated rings. The highest BCUT2D eigenvalue weighted by molar-refractivity contribution is 9.10. The van der Waals surface area contributed by atoms with Gasteiger partial charge in [0.25, 0.3) is 5.91 Å². The number of rotatable bonds is 8. The van der Waals surface area contributed by atoms with E-state index in [1.165, 1.54) is 23.5 Å². The number of carbonyl (C=O) groups excluding carboxylic acids is 1. The molecule has 0 unspecified atom stereocenters. The zero-order valence-corrected chi connectivity index (χ0v) is 20.2. The number of halogens is 4. The minimum atomic E-state index is -4.76. The molecular weight excluding hydrogens is 551 g/mol. The van der Waals surface area contributed by atoms with Crippen molar-refractivity contribution in [3.63, 3.8) is 0 Å². The van der Waals surface area contributed by atoms with E-state index in [9.17, 15) is 22.8 Å². The van der Waals surface area contributed by atoms with Crippen molar-refractivity contribution in [3.8, 4) is 16.5 Å². The van der Waals surface area contributed by atoms with E-state index in [4.69, 9.17) is 10.1 Å². The molecule has 0 bridgehead atoms. The predicted octanol–water partition coefficient (Wildman–Crippen LogP) is 5.68. The minimum Gasteiger partial charge on any atom is -0.481 e. The van der Waals surface area contributed by atoms with Gasteiger partial charge in [0.15, 0.2) is 5.82 Å². The van der Waals surface area contributed by atoms with Gasteiger partial charge in [0, 0.05) is 28.5 Å². The highest BCUT2D eigenvalue weighted by atomic mass is 79.9. The molecule has 4 rings (SSSR count). The Kier molecular flexibility index (Phi) is 7.13. The van der Waals surface area contributed by atoms with Crippen molar-refractivity contribution < 1.29 is 32.6 Å². The molecule has 0 aliphatic rings. The Labute approximate surface area is 209 Å². The monoisotopic (exact) mass is 567 g/mol. The van der Waals surface area contributed by atoms with Crippen LogP contribution >= 0.6 is 27.3 Å². The molecule has 2 N–H and O–H groups in total. The van der Waals surface area contributed by atoms with Crippen molar-refractivity contribution in [2.45, 2.75) is 19.3 Å². The Morgan fingerprint density at radius 1 is 1.14 bits per heavy atom. The number of carboxylic acid groups (broad SMARTS) is 1.